The van der Waals surface area contributed by atoms with E-state index in [0.29, 0.717) is 24.5 Å². The first kappa shape index (κ1) is 14.2. The molecule has 118 valence electrons. The summed E-state index contributed by atoms with van der Waals surface area (Å²) < 4.78 is 5.65. The molecule has 2 atom stereocenters. The smallest absolute Gasteiger partial charge is 0.226 e. The summed E-state index contributed by atoms with van der Waals surface area (Å²) in [5.74, 6) is 0.609. The summed E-state index contributed by atoms with van der Waals surface area (Å²) in [6.07, 6.45) is 3.40. The summed E-state index contributed by atoms with van der Waals surface area (Å²) in [4.78, 5) is 15.2. The van der Waals surface area contributed by atoms with Crippen LogP contribution in [0.1, 0.15) is 30.9 Å². The molecular weight excluding hydrogens is 276 g/mol. The van der Waals surface area contributed by atoms with Crippen molar-refractivity contribution in [3.63, 3.8) is 0 Å². The van der Waals surface area contributed by atoms with Crippen molar-refractivity contribution in [3.05, 3.63) is 35.9 Å². The average Bonchev–Trinajstić information content (AvgIpc) is 3.28. The Hall–Kier alpha value is -1.39. The lowest BCUT2D eigenvalue weighted by molar-refractivity contribution is -0.142. The highest BCUT2D eigenvalue weighted by molar-refractivity contribution is 5.83. The van der Waals surface area contributed by atoms with Gasteiger partial charge in [0.25, 0.3) is 0 Å². The molecule has 4 heteroatoms. The Balaban J connectivity index is 1.51. The number of rotatable bonds is 2. The zero-order valence-corrected chi connectivity index (χ0v) is 13.0. The predicted molar refractivity (Wildman–Crippen MR) is 84.4 cm³/mol. The van der Waals surface area contributed by atoms with Gasteiger partial charge in [-0.05, 0) is 43.3 Å². The Bertz CT molecular complexity index is 539. The summed E-state index contributed by atoms with van der Waals surface area (Å²) in [6.45, 7) is 4.14. The van der Waals surface area contributed by atoms with Gasteiger partial charge < -0.3 is 15.0 Å². The van der Waals surface area contributed by atoms with Crippen molar-refractivity contribution >= 4 is 5.91 Å². The minimum Gasteiger partial charge on any atom is -0.377 e. The molecule has 2 saturated heterocycles. The monoisotopic (exact) mass is 300 g/mol. The number of hydrogen-bond donors (Lipinski definition) is 1. The standard InChI is InChI=1S/C18H24N2O2/c21-17(15-12-18(15)6-8-19-9-7-18)20-10-11-22-13-16(20)14-4-2-1-3-5-14/h1-5,15-16,19H,6-13H2. The summed E-state index contributed by atoms with van der Waals surface area (Å²) in [6, 6.07) is 10.4. The molecule has 3 aliphatic rings. The van der Waals surface area contributed by atoms with Gasteiger partial charge in [0.05, 0.1) is 19.3 Å². The van der Waals surface area contributed by atoms with Gasteiger partial charge in [-0.3, -0.25) is 4.79 Å². The number of amides is 1. The van der Waals surface area contributed by atoms with Gasteiger partial charge in [-0.1, -0.05) is 30.3 Å². The number of piperidine rings is 1. The zero-order chi connectivity index (χ0) is 15.0. The van der Waals surface area contributed by atoms with Crippen molar-refractivity contribution < 1.29 is 9.53 Å². The molecule has 3 fully saturated rings. The highest BCUT2D eigenvalue weighted by Crippen LogP contribution is 2.59. The molecule has 4 nitrogen and oxygen atoms in total. The molecule has 0 bridgehead atoms. The van der Waals surface area contributed by atoms with E-state index in [2.05, 4.69) is 22.3 Å². The summed E-state index contributed by atoms with van der Waals surface area (Å²) in [5, 5.41) is 3.41. The van der Waals surface area contributed by atoms with E-state index in [-0.39, 0.29) is 12.0 Å². The van der Waals surface area contributed by atoms with Crippen LogP contribution < -0.4 is 5.32 Å². The minimum absolute atomic E-state index is 0.0850. The van der Waals surface area contributed by atoms with Crippen LogP contribution in [0.3, 0.4) is 0 Å². The minimum atomic E-state index is 0.0850. The first-order valence-electron chi connectivity index (χ1n) is 8.44. The molecule has 1 aliphatic carbocycles. The molecule has 22 heavy (non-hydrogen) atoms. The molecular formula is C18H24N2O2. The molecule has 0 radical (unpaired) electrons. The molecule has 1 aromatic carbocycles. The van der Waals surface area contributed by atoms with Gasteiger partial charge in [0.1, 0.15) is 0 Å². The van der Waals surface area contributed by atoms with Gasteiger partial charge in [-0.25, -0.2) is 0 Å². The maximum atomic E-state index is 13.1. The highest BCUT2D eigenvalue weighted by Gasteiger charge is 2.59. The molecule has 2 unspecified atom stereocenters. The number of benzene rings is 1. The Morgan fingerprint density at radius 2 is 2.00 bits per heavy atom. The Kier molecular flexibility index (Phi) is 3.66. The third-order valence-electron chi connectivity index (χ3n) is 5.68. The molecule has 1 spiro atoms. The first-order chi connectivity index (χ1) is 10.8. The van der Waals surface area contributed by atoms with Crippen molar-refractivity contribution in [2.75, 3.05) is 32.8 Å². The van der Waals surface area contributed by atoms with E-state index in [1.807, 2.05) is 18.2 Å². The maximum Gasteiger partial charge on any atom is 0.226 e. The highest BCUT2D eigenvalue weighted by atomic mass is 16.5. The second-order valence-corrected chi connectivity index (χ2v) is 6.90. The fourth-order valence-corrected chi connectivity index (χ4v) is 4.19. The van der Waals surface area contributed by atoms with E-state index in [9.17, 15) is 4.79 Å². The van der Waals surface area contributed by atoms with E-state index in [1.54, 1.807) is 0 Å². The number of morpholine rings is 1. The molecule has 2 aliphatic heterocycles. The normalized spacial score (nSPS) is 30.3. The largest absolute Gasteiger partial charge is 0.377 e. The number of carbonyl (C=O) groups is 1. The van der Waals surface area contributed by atoms with Crippen LogP contribution in [0.2, 0.25) is 0 Å². The Morgan fingerprint density at radius 3 is 2.77 bits per heavy atom. The fraction of sp³-hybridized carbons (Fsp3) is 0.611. The van der Waals surface area contributed by atoms with E-state index in [0.717, 1.165) is 38.9 Å². The third-order valence-corrected chi connectivity index (χ3v) is 5.68. The van der Waals surface area contributed by atoms with Crippen LogP contribution in [0, 0.1) is 11.3 Å². The lowest BCUT2D eigenvalue weighted by Crippen LogP contribution is -2.45. The third kappa shape index (κ3) is 2.44. The number of nitrogens with one attached hydrogen (secondary N) is 1. The fourth-order valence-electron chi connectivity index (χ4n) is 4.19. The summed E-state index contributed by atoms with van der Waals surface area (Å²) in [5.41, 5.74) is 1.50. The SMILES string of the molecule is O=C(C1CC12CCNCC2)N1CCOCC1c1ccccc1. The number of hydrogen-bond acceptors (Lipinski definition) is 3. The van der Waals surface area contributed by atoms with Crippen LogP contribution in [0.4, 0.5) is 0 Å². The molecule has 1 aromatic rings. The van der Waals surface area contributed by atoms with Crippen LogP contribution in [-0.4, -0.2) is 43.7 Å². The molecule has 1 saturated carbocycles. The van der Waals surface area contributed by atoms with Gasteiger partial charge in [0, 0.05) is 12.5 Å². The summed E-state index contributed by atoms with van der Waals surface area (Å²) in [7, 11) is 0. The van der Waals surface area contributed by atoms with E-state index >= 15 is 0 Å². The van der Waals surface area contributed by atoms with Crippen LogP contribution >= 0.6 is 0 Å². The molecule has 1 N–H and O–H groups in total. The quantitative estimate of drug-likeness (QED) is 0.908. The van der Waals surface area contributed by atoms with Crippen molar-refractivity contribution in [2.45, 2.75) is 25.3 Å². The number of carbonyl (C=O) groups excluding carboxylic acids is 1. The van der Waals surface area contributed by atoms with Crippen LogP contribution in [-0.2, 0) is 9.53 Å². The van der Waals surface area contributed by atoms with Crippen molar-refractivity contribution in [1.82, 2.24) is 10.2 Å². The Labute approximate surface area is 131 Å². The van der Waals surface area contributed by atoms with E-state index in [1.165, 1.54) is 5.56 Å². The van der Waals surface area contributed by atoms with Gasteiger partial charge in [-0.2, -0.15) is 0 Å². The molecule has 2 heterocycles. The first-order valence-corrected chi connectivity index (χ1v) is 8.44. The predicted octanol–water partition coefficient (Wildman–Crippen LogP) is 1.98. The van der Waals surface area contributed by atoms with E-state index < -0.39 is 0 Å². The summed E-state index contributed by atoms with van der Waals surface area (Å²) >= 11 is 0. The van der Waals surface area contributed by atoms with Crippen LogP contribution in [0.5, 0.6) is 0 Å². The molecule has 1 amide bonds. The van der Waals surface area contributed by atoms with Gasteiger partial charge in [0.15, 0.2) is 0 Å². The van der Waals surface area contributed by atoms with Gasteiger partial charge >= 0.3 is 0 Å². The second kappa shape index (κ2) is 5.67. The van der Waals surface area contributed by atoms with Gasteiger partial charge in [0.2, 0.25) is 5.91 Å². The van der Waals surface area contributed by atoms with E-state index in [4.69, 9.17) is 4.74 Å². The Morgan fingerprint density at radius 1 is 1.23 bits per heavy atom. The lowest BCUT2D eigenvalue weighted by atomic mass is 9.91. The zero-order valence-electron chi connectivity index (χ0n) is 13.0. The number of ether oxygens (including phenoxy) is 1. The van der Waals surface area contributed by atoms with Crippen molar-refractivity contribution in [3.8, 4) is 0 Å². The number of nitrogens with zero attached hydrogens (tertiary/aromatic N) is 1. The van der Waals surface area contributed by atoms with Crippen molar-refractivity contribution in [2.24, 2.45) is 11.3 Å². The maximum absolute atomic E-state index is 13.1. The molecule has 0 aromatic heterocycles. The lowest BCUT2D eigenvalue weighted by Gasteiger charge is -2.37. The van der Waals surface area contributed by atoms with Crippen LogP contribution in [0.15, 0.2) is 30.3 Å². The average molecular weight is 300 g/mol. The second-order valence-electron chi connectivity index (χ2n) is 6.90. The molecule has 4 rings (SSSR count). The van der Waals surface area contributed by atoms with Crippen molar-refractivity contribution in [1.29, 1.82) is 0 Å². The van der Waals surface area contributed by atoms with Gasteiger partial charge in [-0.15, -0.1) is 0 Å². The topological polar surface area (TPSA) is 41.6 Å². The van der Waals surface area contributed by atoms with Crippen LogP contribution in [0.25, 0.3) is 0 Å².